The third kappa shape index (κ3) is 7.05. The predicted octanol–water partition coefficient (Wildman–Crippen LogP) is 6.94. The summed E-state index contributed by atoms with van der Waals surface area (Å²) in [7, 11) is 0. The predicted molar refractivity (Wildman–Crippen MR) is 106 cm³/mol. The SMILES string of the molecule is CCCCCCCCC(=O)Oc1ccc(C2=CCC(CC)CC2)cc1. The molecular formula is C23H34O2. The van der Waals surface area contributed by atoms with Gasteiger partial charge in [-0.1, -0.05) is 70.6 Å². The molecule has 0 aromatic heterocycles. The van der Waals surface area contributed by atoms with Crippen molar-refractivity contribution in [3.05, 3.63) is 35.9 Å². The molecule has 0 aliphatic heterocycles. The van der Waals surface area contributed by atoms with Gasteiger partial charge in [-0.2, -0.15) is 0 Å². The summed E-state index contributed by atoms with van der Waals surface area (Å²) in [6.07, 6.45) is 15.0. The Morgan fingerprint density at radius 3 is 2.40 bits per heavy atom. The zero-order valence-corrected chi connectivity index (χ0v) is 16.1. The molecule has 0 saturated carbocycles. The summed E-state index contributed by atoms with van der Waals surface area (Å²) in [6.45, 7) is 4.49. The first kappa shape index (κ1) is 19.8. The minimum atomic E-state index is -0.106. The van der Waals surface area contributed by atoms with Gasteiger partial charge in [-0.15, -0.1) is 0 Å². The maximum absolute atomic E-state index is 11.9. The molecule has 0 N–H and O–H groups in total. The molecule has 0 heterocycles. The summed E-state index contributed by atoms with van der Waals surface area (Å²) in [4.78, 5) is 11.9. The van der Waals surface area contributed by atoms with Crippen LogP contribution in [-0.2, 0) is 4.79 Å². The normalized spacial score (nSPS) is 17.2. The fourth-order valence-corrected chi connectivity index (χ4v) is 3.49. The van der Waals surface area contributed by atoms with Crippen LogP contribution in [0.2, 0.25) is 0 Å². The molecule has 2 nitrogen and oxygen atoms in total. The first-order chi connectivity index (χ1) is 12.2. The number of carbonyl (C=O) groups is 1. The second-order valence-corrected chi connectivity index (χ2v) is 7.29. The van der Waals surface area contributed by atoms with Crippen LogP contribution >= 0.6 is 0 Å². The van der Waals surface area contributed by atoms with Crippen LogP contribution in [0.3, 0.4) is 0 Å². The van der Waals surface area contributed by atoms with E-state index in [1.165, 1.54) is 56.1 Å². The summed E-state index contributed by atoms with van der Waals surface area (Å²) in [5.74, 6) is 1.42. The average Bonchev–Trinajstić information content (AvgIpc) is 2.65. The smallest absolute Gasteiger partial charge is 0.311 e. The summed E-state index contributed by atoms with van der Waals surface area (Å²) < 4.78 is 5.46. The molecule has 0 spiro atoms. The average molecular weight is 343 g/mol. The summed E-state index contributed by atoms with van der Waals surface area (Å²) in [6, 6.07) is 8.04. The van der Waals surface area contributed by atoms with Gasteiger partial charge >= 0.3 is 5.97 Å². The van der Waals surface area contributed by atoms with Crippen LogP contribution < -0.4 is 4.74 Å². The number of hydrogen-bond acceptors (Lipinski definition) is 2. The standard InChI is InChI=1S/C23H34O2/c1-3-5-6-7-8-9-10-23(24)25-22-17-15-21(16-18-22)20-13-11-19(4-2)12-14-20/h13,15-19H,3-12,14H2,1-2H3. The Hall–Kier alpha value is -1.57. The van der Waals surface area contributed by atoms with Crippen LogP contribution in [0.1, 0.15) is 90.0 Å². The molecule has 1 aromatic rings. The number of ether oxygens (including phenoxy) is 1. The maximum atomic E-state index is 11.9. The zero-order valence-electron chi connectivity index (χ0n) is 16.1. The van der Waals surface area contributed by atoms with Crippen LogP contribution in [0.25, 0.3) is 5.57 Å². The van der Waals surface area contributed by atoms with Crippen molar-refractivity contribution in [1.29, 1.82) is 0 Å². The largest absolute Gasteiger partial charge is 0.427 e. The Balaban J connectivity index is 1.73. The molecule has 0 bridgehead atoms. The van der Waals surface area contributed by atoms with E-state index in [0.29, 0.717) is 12.2 Å². The van der Waals surface area contributed by atoms with Crippen LogP contribution in [0.15, 0.2) is 30.3 Å². The van der Waals surface area contributed by atoms with Gasteiger partial charge in [-0.25, -0.2) is 0 Å². The van der Waals surface area contributed by atoms with Crippen molar-refractivity contribution < 1.29 is 9.53 Å². The molecule has 0 fully saturated rings. The first-order valence-corrected chi connectivity index (χ1v) is 10.2. The highest BCUT2D eigenvalue weighted by Crippen LogP contribution is 2.32. The van der Waals surface area contributed by atoms with Crippen molar-refractivity contribution in [3.8, 4) is 5.75 Å². The van der Waals surface area contributed by atoms with Crippen molar-refractivity contribution in [1.82, 2.24) is 0 Å². The fraction of sp³-hybridized carbons (Fsp3) is 0.609. The van der Waals surface area contributed by atoms with Crippen molar-refractivity contribution in [2.75, 3.05) is 0 Å². The molecule has 1 unspecified atom stereocenters. The van der Waals surface area contributed by atoms with Gasteiger partial charge < -0.3 is 4.74 Å². The van der Waals surface area contributed by atoms with Gasteiger partial charge in [0, 0.05) is 6.42 Å². The topological polar surface area (TPSA) is 26.3 Å². The summed E-state index contributed by atoms with van der Waals surface area (Å²) in [5.41, 5.74) is 2.71. The lowest BCUT2D eigenvalue weighted by atomic mass is 9.85. The highest BCUT2D eigenvalue weighted by Gasteiger charge is 2.14. The molecule has 0 radical (unpaired) electrons. The quantitative estimate of drug-likeness (QED) is 0.261. The molecular weight excluding hydrogens is 308 g/mol. The summed E-state index contributed by atoms with van der Waals surface area (Å²) in [5, 5.41) is 0. The monoisotopic (exact) mass is 342 g/mol. The van der Waals surface area contributed by atoms with E-state index in [0.717, 1.165) is 25.2 Å². The molecule has 1 aliphatic carbocycles. The third-order valence-corrected chi connectivity index (χ3v) is 5.29. The third-order valence-electron chi connectivity index (χ3n) is 5.29. The van der Waals surface area contributed by atoms with E-state index in [9.17, 15) is 4.79 Å². The Labute approximate surface area is 153 Å². The number of rotatable bonds is 10. The number of carbonyl (C=O) groups excluding carboxylic acids is 1. The molecule has 2 rings (SSSR count). The van der Waals surface area contributed by atoms with Gasteiger partial charge in [0.2, 0.25) is 0 Å². The van der Waals surface area contributed by atoms with Gasteiger partial charge in [0.15, 0.2) is 0 Å². The Kier molecular flexibility index (Phi) is 8.79. The van der Waals surface area contributed by atoms with E-state index in [2.05, 4.69) is 32.1 Å². The van der Waals surface area contributed by atoms with Crippen molar-refractivity contribution in [2.24, 2.45) is 5.92 Å². The van der Waals surface area contributed by atoms with E-state index in [4.69, 9.17) is 4.74 Å². The highest BCUT2D eigenvalue weighted by atomic mass is 16.5. The van der Waals surface area contributed by atoms with E-state index in [-0.39, 0.29) is 5.97 Å². The fourth-order valence-electron chi connectivity index (χ4n) is 3.49. The molecule has 2 heteroatoms. The minimum absolute atomic E-state index is 0.106. The van der Waals surface area contributed by atoms with Crippen molar-refractivity contribution in [2.45, 2.75) is 84.5 Å². The second-order valence-electron chi connectivity index (χ2n) is 7.29. The van der Waals surface area contributed by atoms with Crippen molar-refractivity contribution in [3.63, 3.8) is 0 Å². The number of benzene rings is 1. The van der Waals surface area contributed by atoms with Gasteiger partial charge in [0.1, 0.15) is 5.75 Å². The molecule has 25 heavy (non-hydrogen) atoms. The van der Waals surface area contributed by atoms with Crippen molar-refractivity contribution >= 4 is 11.5 Å². The van der Waals surface area contributed by atoms with E-state index >= 15 is 0 Å². The maximum Gasteiger partial charge on any atom is 0.311 e. The van der Waals surface area contributed by atoms with Crippen LogP contribution in [0.4, 0.5) is 0 Å². The van der Waals surface area contributed by atoms with Gasteiger partial charge in [-0.3, -0.25) is 4.79 Å². The lowest BCUT2D eigenvalue weighted by Gasteiger charge is -2.20. The molecule has 138 valence electrons. The molecule has 1 atom stereocenters. The first-order valence-electron chi connectivity index (χ1n) is 10.2. The van der Waals surface area contributed by atoms with E-state index in [1.807, 2.05) is 12.1 Å². The number of hydrogen-bond donors (Lipinski definition) is 0. The van der Waals surface area contributed by atoms with E-state index < -0.39 is 0 Å². The number of allylic oxidation sites excluding steroid dienone is 2. The lowest BCUT2D eigenvalue weighted by molar-refractivity contribution is -0.134. The molecule has 1 aromatic carbocycles. The Bertz CT molecular complexity index is 542. The van der Waals surface area contributed by atoms with Crippen LogP contribution in [0.5, 0.6) is 5.75 Å². The Morgan fingerprint density at radius 2 is 1.76 bits per heavy atom. The number of esters is 1. The molecule has 1 aliphatic rings. The minimum Gasteiger partial charge on any atom is -0.427 e. The lowest BCUT2D eigenvalue weighted by Crippen LogP contribution is -2.07. The van der Waals surface area contributed by atoms with Crippen LogP contribution in [-0.4, -0.2) is 5.97 Å². The van der Waals surface area contributed by atoms with Crippen LogP contribution in [0, 0.1) is 5.92 Å². The molecule has 0 saturated heterocycles. The van der Waals surface area contributed by atoms with Gasteiger partial charge in [0.05, 0.1) is 0 Å². The Morgan fingerprint density at radius 1 is 1.04 bits per heavy atom. The second kappa shape index (κ2) is 11.1. The summed E-state index contributed by atoms with van der Waals surface area (Å²) >= 11 is 0. The highest BCUT2D eigenvalue weighted by molar-refractivity contribution is 5.73. The molecule has 0 amide bonds. The number of unbranched alkanes of at least 4 members (excludes halogenated alkanes) is 5. The zero-order chi connectivity index (χ0) is 17.9. The van der Waals surface area contributed by atoms with Gasteiger partial charge in [-0.05, 0) is 54.9 Å². The van der Waals surface area contributed by atoms with E-state index in [1.54, 1.807) is 0 Å². The van der Waals surface area contributed by atoms with Gasteiger partial charge in [0.25, 0.3) is 0 Å².